The fourth-order valence-corrected chi connectivity index (χ4v) is 1.61. The fraction of sp³-hybridized carbons (Fsp3) is 0.100. The molecule has 0 unspecified atom stereocenters. The van der Waals surface area contributed by atoms with Crippen LogP contribution in [-0.2, 0) is 5.33 Å². The van der Waals surface area contributed by atoms with Crippen molar-refractivity contribution in [1.29, 1.82) is 0 Å². The number of hydrogen-bond donors (Lipinski definition) is 0. The zero-order valence-corrected chi connectivity index (χ0v) is 9.85. The zero-order chi connectivity index (χ0) is 10.8. The molecule has 0 aliphatic rings. The van der Waals surface area contributed by atoms with E-state index in [1.807, 2.05) is 0 Å². The van der Waals surface area contributed by atoms with E-state index in [0.29, 0.717) is 16.7 Å². The SMILES string of the molecule is Fc1ccc(-c2cc(CBr)no2)cc1Cl. The predicted octanol–water partition coefficient (Wildman–Crippen LogP) is 4.03. The van der Waals surface area contributed by atoms with E-state index in [4.69, 9.17) is 16.1 Å². The number of halogens is 3. The molecule has 1 aromatic carbocycles. The molecule has 0 N–H and O–H groups in total. The number of aromatic nitrogens is 1. The van der Waals surface area contributed by atoms with Crippen LogP contribution < -0.4 is 0 Å². The molecular weight excluding hydrogens is 284 g/mol. The van der Waals surface area contributed by atoms with Crippen molar-refractivity contribution in [3.63, 3.8) is 0 Å². The number of rotatable bonds is 2. The third kappa shape index (κ3) is 2.21. The lowest BCUT2D eigenvalue weighted by Gasteiger charge is -1.97. The van der Waals surface area contributed by atoms with Crippen molar-refractivity contribution in [2.24, 2.45) is 0 Å². The lowest BCUT2D eigenvalue weighted by atomic mass is 10.1. The molecular formula is C10H6BrClFNO. The first-order valence-corrected chi connectivity index (χ1v) is 5.67. The molecule has 15 heavy (non-hydrogen) atoms. The van der Waals surface area contributed by atoms with Crippen LogP contribution in [0, 0.1) is 5.82 Å². The highest BCUT2D eigenvalue weighted by Crippen LogP contribution is 2.25. The number of nitrogens with zero attached hydrogens (tertiary/aromatic N) is 1. The first-order valence-electron chi connectivity index (χ1n) is 4.17. The van der Waals surface area contributed by atoms with Crippen LogP contribution >= 0.6 is 27.5 Å². The Kier molecular flexibility index (Phi) is 3.07. The van der Waals surface area contributed by atoms with Crippen LogP contribution in [0.5, 0.6) is 0 Å². The monoisotopic (exact) mass is 289 g/mol. The highest BCUT2D eigenvalue weighted by Gasteiger charge is 2.08. The van der Waals surface area contributed by atoms with Crippen LogP contribution in [0.15, 0.2) is 28.8 Å². The summed E-state index contributed by atoms with van der Waals surface area (Å²) in [5.41, 5.74) is 1.49. The smallest absolute Gasteiger partial charge is 0.167 e. The first kappa shape index (κ1) is 10.6. The molecule has 1 aromatic heterocycles. The average Bonchev–Trinajstić information content (AvgIpc) is 2.70. The molecule has 0 atom stereocenters. The fourth-order valence-electron chi connectivity index (χ4n) is 1.16. The molecule has 0 fully saturated rings. The van der Waals surface area contributed by atoms with Gasteiger partial charge in [-0.15, -0.1) is 0 Å². The lowest BCUT2D eigenvalue weighted by molar-refractivity contribution is 0.426. The maximum atomic E-state index is 12.9. The van der Waals surface area contributed by atoms with Crippen LogP contribution in [0.1, 0.15) is 5.69 Å². The quantitative estimate of drug-likeness (QED) is 0.781. The van der Waals surface area contributed by atoms with E-state index in [0.717, 1.165) is 5.69 Å². The molecule has 0 radical (unpaired) electrons. The van der Waals surface area contributed by atoms with E-state index in [-0.39, 0.29) is 5.02 Å². The van der Waals surface area contributed by atoms with Gasteiger partial charge in [-0.25, -0.2) is 4.39 Å². The van der Waals surface area contributed by atoms with E-state index in [2.05, 4.69) is 21.1 Å². The second-order valence-corrected chi connectivity index (χ2v) is 3.91. The molecule has 1 heterocycles. The third-order valence-electron chi connectivity index (χ3n) is 1.90. The lowest BCUT2D eigenvalue weighted by Crippen LogP contribution is -1.78. The Balaban J connectivity index is 2.40. The van der Waals surface area contributed by atoms with Crippen molar-refractivity contribution in [2.45, 2.75) is 5.33 Å². The molecule has 0 aliphatic carbocycles. The van der Waals surface area contributed by atoms with Gasteiger partial charge in [-0.1, -0.05) is 32.7 Å². The van der Waals surface area contributed by atoms with Crippen molar-refractivity contribution in [3.05, 3.63) is 40.8 Å². The summed E-state index contributed by atoms with van der Waals surface area (Å²) in [5.74, 6) is 0.131. The highest BCUT2D eigenvalue weighted by molar-refractivity contribution is 9.08. The van der Waals surface area contributed by atoms with E-state index in [1.54, 1.807) is 12.1 Å². The molecule has 2 aromatic rings. The minimum atomic E-state index is -0.444. The molecule has 5 heteroatoms. The second-order valence-electron chi connectivity index (χ2n) is 2.95. The highest BCUT2D eigenvalue weighted by atomic mass is 79.9. The number of alkyl halides is 1. The maximum Gasteiger partial charge on any atom is 0.167 e. The molecule has 2 rings (SSSR count). The van der Waals surface area contributed by atoms with Gasteiger partial charge in [0.2, 0.25) is 0 Å². The van der Waals surface area contributed by atoms with E-state index >= 15 is 0 Å². The first-order chi connectivity index (χ1) is 7.20. The van der Waals surface area contributed by atoms with Gasteiger partial charge in [0.05, 0.1) is 10.7 Å². The Morgan fingerprint density at radius 3 is 2.80 bits per heavy atom. The Bertz CT molecular complexity index is 486. The van der Waals surface area contributed by atoms with Crippen molar-refractivity contribution >= 4 is 27.5 Å². The minimum absolute atomic E-state index is 0.0734. The van der Waals surface area contributed by atoms with Crippen LogP contribution in [-0.4, -0.2) is 5.16 Å². The standard InChI is InChI=1S/C10H6BrClFNO/c11-5-7-4-10(15-14-7)6-1-2-9(13)8(12)3-6/h1-4H,5H2. The van der Waals surface area contributed by atoms with Crippen molar-refractivity contribution in [1.82, 2.24) is 5.16 Å². The molecule has 0 bridgehead atoms. The third-order valence-corrected chi connectivity index (χ3v) is 2.76. The summed E-state index contributed by atoms with van der Waals surface area (Å²) in [4.78, 5) is 0. The summed E-state index contributed by atoms with van der Waals surface area (Å²) < 4.78 is 18.0. The Morgan fingerprint density at radius 2 is 2.20 bits per heavy atom. The molecule has 2 nitrogen and oxygen atoms in total. The van der Waals surface area contributed by atoms with Gasteiger partial charge in [-0.3, -0.25) is 0 Å². The van der Waals surface area contributed by atoms with E-state index < -0.39 is 5.82 Å². The van der Waals surface area contributed by atoms with Crippen molar-refractivity contribution in [2.75, 3.05) is 0 Å². The molecule has 0 aliphatic heterocycles. The largest absolute Gasteiger partial charge is 0.356 e. The van der Waals surface area contributed by atoms with Crippen molar-refractivity contribution < 1.29 is 8.91 Å². The summed E-state index contributed by atoms with van der Waals surface area (Å²) in [7, 11) is 0. The maximum absolute atomic E-state index is 12.9. The Hall–Kier alpha value is -0.870. The molecule has 0 saturated carbocycles. The van der Waals surface area contributed by atoms with Crippen LogP contribution in [0.3, 0.4) is 0 Å². The van der Waals surface area contributed by atoms with E-state index in [1.165, 1.54) is 12.1 Å². The summed E-state index contributed by atoms with van der Waals surface area (Å²) in [6.07, 6.45) is 0. The van der Waals surface area contributed by atoms with Gasteiger partial charge in [0.1, 0.15) is 5.82 Å². The summed E-state index contributed by atoms with van der Waals surface area (Å²) in [6, 6.07) is 6.18. The zero-order valence-electron chi connectivity index (χ0n) is 7.51. The van der Waals surface area contributed by atoms with Gasteiger partial charge in [0, 0.05) is 17.0 Å². The minimum Gasteiger partial charge on any atom is -0.356 e. The van der Waals surface area contributed by atoms with Crippen LogP contribution in [0.2, 0.25) is 5.02 Å². The van der Waals surface area contributed by atoms with Gasteiger partial charge >= 0.3 is 0 Å². The normalized spacial score (nSPS) is 10.6. The van der Waals surface area contributed by atoms with Crippen LogP contribution in [0.4, 0.5) is 4.39 Å². The van der Waals surface area contributed by atoms with E-state index in [9.17, 15) is 4.39 Å². The van der Waals surface area contributed by atoms with Gasteiger partial charge in [0.15, 0.2) is 5.76 Å². The van der Waals surface area contributed by atoms with Gasteiger partial charge < -0.3 is 4.52 Å². The average molecular weight is 291 g/mol. The van der Waals surface area contributed by atoms with Crippen LogP contribution in [0.25, 0.3) is 11.3 Å². The predicted molar refractivity (Wildman–Crippen MR) is 59.5 cm³/mol. The Labute approximate surface area is 99.2 Å². The second kappa shape index (κ2) is 4.33. The van der Waals surface area contributed by atoms with Gasteiger partial charge in [0.25, 0.3) is 0 Å². The summed E-state index contributed by atoms with van der Waals surface area (Å²) in [6.45, 7) is 0. The van der Waals surface area contributed by atoms with Gasteiger partial charge in [-0.2, -0.15) is 0 Å². The molecule has 0 amide bonds. The molecule has 78 valence electrons. The number of benzene rings is 1. The Morgan fingerprint density at radius 1 is 1.40 bits per heavy atom. The van der Waals surface area contributed by atoms with Gasteiger partial charge in [-0.05, 0) is 18.2 Å². The topological polar surface area (TPSA) is 26.0 Å². The molecule has 0 saturated heterocycles. The molecule has 0 spiro atoms. The summed E-state index contributed by atoms with van der Waals surface area (Å²) >= 11 is 8.92. The summed E-state index contributed by atoms with van der Waals surface area (Å²) in [5, 5.41) is 4.49. The number of hydrogen-bond acceptors (Lipinski definition) is 2. The van der Waals surface area contributed by atoms with Crippen molar-refractivity contribution in [3.8, 4) is 11.3 Å².